The van der Waals surface area contributed by atoms with Gasteiger partial charge in [0.25, 0.3) is 0 Å². The van der Waals surface area contributed by atoms with Crippen LogP contribution in [0, 0.1) is 4.77 Å². The lowest BCUT2D eigenvalue weighted by atomic mass is 10.0. The predicted octanol–water partition coefficient (Wildman–Crippen LogP) is 3.43. The first-order chi connectivity index (χ1) is 8.27. The molecule has 0 bridgehead atoms. The van der Waals surface area contributed by atoms with Crippen LogP contribution in [0.25, 0.3) is 0 Å². The zero-order valence-electron chi connectivity index (χ0n) is 9.76. The highest BCUT2D eigenvalue weighted by molar-refractivity contribution is 7.71. The molecule has 1 unspecified atom stereocenters. The quantitative estimate of drug-likeness (QED) is 0.840. The first-order valence-corrected chi connectivity index (χ1v) is 6.40. The van der Waals surface area contributed by atoms with Crippen molar-refractivity contribution in [3.8, 4) is 0 Å². The molecule has 0 saturated heterocycles. The highest BCUT2D eigenvalue weighted by Crippen LogP contribution is 2.38. The molecule has 1 fully saturated rings. The highest BCUT2D eigenvalue weighted by atomic mass is 32.1. The molecule has 1 atom stereocenters. The van der Waals surface area contributed by atoms with Crippen molar-refractivity contribution < 1.29 is 0 Å². The maximum absolute atomic E-state index is 5.30. The summed E-state index contributed by atoms with van der Waals surface area (Å²) in [6.45, 7) is 2.18. The number of H-pyrrole nitrogens is 1. The zero-order chi connectivity index (χ0) is 11.8. The van der Waals surface area contributed by atoms with Crippen LogP contribution in [0.4, 0.5) is 0 Å². The summed E-state index contributed by atoms with van der Waals surface area (Å²) in [7, 11) is 0. The first kappa shape index (κ1) is 10.7. The van der Waals surface area contributed by atoms with Crippen LogP contribution in [-0.4, -0.2) is 14.8 Å². The van der Waals surface area contributed by atoms with Gasteiger partial charge in [-0.05, 0) is 30.6 Å². The van der Waals surface area contributed by atoms with Crippen LogP contribution in [0.5, 0.6) is 0 Å². The van der Waals surface area contributed by atoms with Gasteiger partial charge in [0.1, 0.15) is 5.82 Å². The van der Waals surface area contributed by atoms with Gasteiger partial charge < -0.3 is 4.57 Å². The Morgan fingerprint density at radius 3 is 2.71 bits per heavy atom. The van der Waals surface area contributed by atoms with Gasteiger partial charge >= 0.3 is 0 Å². The van der Waals surface area contributed by atoms with E-state index in [-0.39, 0.29) is 5.92 Å². The van der Waals surface area contributed by atoms with Crippen LogP contribution in [-0.2, 0) is 0 Å². The SMILES string of the molecule is CC(c1ccccc1)c1n[nH]c(=S)n1C1CC1. The summed E-state index contributed by atoms with van der Waals surface area (Å²) in [6.07, 6.45) is 2.45. The number of aromatic nitrogens is 3. The smallest absolute Gasteiger partial charge is 0.195 e. The second kappa shape index (κ2) is 4.11. The molecule has 1 aromatic heterocycles. The average molecular weight is 245 g/mol. The molecule has 0 radical (unpaired) electrons. The van der Waals surface area contributed by atoms with Gasteiger partial charge in [0.15, 0.2) is 4.77 Å². The average Bonchev–Trinajstić information content (AvgIpc) is 3.13. The van der Waals surface area contributed by atoms with Gasteiger partial charge in [0.05, 0.1) is 0 Å². The number of aromatic amines is 1. The lowest BCUT2D eigenvalue weighted by Crippen LogP contribution is -2.07. The third-order valence-electron chi connectivity index (χ3n) is 3.33. The van der Waals surface area contributed by atoms with Gasteiger partial charge in [-0.25, -0.2) is 0 Å². The van der Waals surface area contributed by atoms with E-state index in [0.29, 0.717) is 6.04 Å². The minimum absolute atomic E-state index is 0.282. The molecular formula is C13H15N3S. The van der Waals surface area contributed by atoms with Crippen LogP contribution < -0.4 is 0 Å². The molecule has 3 nitrogen and oxygen atoms in total. The molecule has 88 valence electrons. The Morgan fingerprint density at radius 1 is 1.35 bits per heavy atom. The van der Waals surface area contributed by atoms with Crippen molar-refractivity contribution in [2.45, 2.75) is 31.7 Å². The number of hydrogen-bond acceptors (Lipinski definition) is 2. The summed E-state index contributed by atoms with van der Waals surface area (Å²) < 4.78 is 2.94. The standard InChI is InChI=1S/C13H15N3S/c1-9(10-5-3-2-4-6-10)12-14-15-13(17)16(12)11-7-8-11/h2-6,9,11H,7-8H2,1H3,(H,15,17). The normalized spacial score (nSPS) is 17.0. The fourth-order valence-electron chi connectivity index (χ4n) is 2.20. The Kier molecular flexibility index (Phi) is 2.59. The van der Waals surface area contributed by atoms with E-state index in [4.69, 9.17) is 12.2 Å². The summed E-state index contributed by atoms with van der Waals surface area (Å²) in [6, 6.07) is 11.0. The van der Waals surface area contributed by atoms with Crippen LogP contribution in [0.15, 0.2) is 30.3 Å². The molecule has 1 heterocycles. The van der Waals surface area contributed by atoms with E-state index in [2.05, 4.69) is 46.0 Å². The number of hydrogen-bond donors (Lipinski definition) is 1. The van der Waals surface area contributed by atoms with Gasteiger partial charge in [0.2, 0.25) is 0 Å². The molecule has 3 rings (SSSR count). The molecule has 1 N–H and O–H groups in total. The van der Waals surface area contributed by atoms with E-state index in [1.165, 1.54) is 18.4 Å². The lowest BCUT2D eigenvalue weighted by Gasteiger charge is -2.12. The Hall–Kier alpha value is -1.42. The monoisotopic (exact) mass is 245 g/mol. The number of nitrogens with zero attached hydrogens (tertiary/aromatic N) is 2. The molecule has 1 saturated carbocycles. The Bertz CT molecular complexity index is 566. The maximum Gasteiger partial charge on any atom is 0.195 e. The molecule has 1 aliphatic carbocycles. The first-order valence-electron chi connectivity index (χ1n) is 5.99. The summed E-state index contributed by atoms with van der Waals surface area (Å²) in [5, 5.41) is 7.32. The molecule has 4 heteroatoms. The Balaban J connectivity index is 2.02. The topological polar surface area (TPSA) is 33.6 Å². The van der Waals surface area contributed by atoms with Crippen molar-refractivity contribution in [1.29, 1.82) is 0 Å². The molecule has 0 aliphatic heterocycles. The van der Waals surface area contributed by atoms with E-state index in [1.807, 2.05) is 6.07 Å². The maximum atomic E-state index is 5.30. The summed E-state index contributed by atoms with van der Waals surface area (Å²) in [5.41, 5.74) is 1.28. The molecule has 1 aliphatic rings. The van der Waals surface area contributed by atoms with E-state index >= 15 is 0 Å². The summed E-state index contributed by atoms with van der Waals surface area (Å²) >= 11 is 5.30. The largest absolute Gasteiger partial charge is 0.301 e. The summed E-state index contributed by atoms with van der Waals surface area (Å²) in [5.74, 6) is 1.34. The van der Waals surface area contributed by atoms with E-state index in [0.717, 1.165) is 10.6 Å². The van der Waals surface area contributed by atoms with Crippen LogP contribution in [0.2, 0.25) is 0 Å². The molecule has 1 aromatic carbocycles. The van der Waals surface area contributed by atoms with Crippen LogP contribution in [0.1, 0.15) is 43.1 Å². The Labute approximate surface area is 105 Å². The third kappa shape index (κ3) is 1.93. The van der Waals surface area contributed by atoms with Gasteiger partial charge in [0, 0.05) is 12.0 Å². The van der Waals surface area contributed by atoms with E-state index < -0.39 is 0 Å². The van der Waals surface area contributed by atoms with Crippen molar-refractivity contribution in [3.05, 3.63) is 46.5 Å². The molecule has 0 amide bonds. The van der Waals surface area contributed by atoms with Crippen molar-refractivity contribution >= 4 is 12.2 Å². The Morgan fingerprint density at radius 2 is 2.06 bits per heavy atom. The van der Waals surface area contributed by atoms with Crippen molar-refractivity contribution in [2.24, 2.45) is 0 Å². The molecule has 2 aromatic rings. The number of nitrogens with one attached hydrogen (secondary N) is 1. The van der Waals surface area contributed by atoms with Gasteiger partial charge in [-0.2, -0.15) is 5.10 Å². The van der Waals surface area contributed by atoms with E-state index in [1.54, 1.807) is 0 Å². The van der Waals surface area contributed by atoms with Crippen molar-refractivity contribution in [3.63, 3.8) is 0 Å². The minimum atomic E-state index is 0.282. The number of rotatable bonds is 3. The lowest BCUT2D eigenvalue weighted by molar-refractivity contribution is 0.649. The molecular weight excluding hydrogens is 230 g/mol. The fraction of sp³-hybridized carbons (Fsp3) is 0.385. The molecule has 17 heavy (non-hydrogen) atoms. The minimum Gasteiger partial charge on any atom is -0.301 e. The number of benzene rings is 1. The van der Waals surface area contributed by atoms with Crippen molar-refractivity contribution in [2.75, 3.05) is 0 Å². The van der Waals surface area contributed by atoms with E-state index in [9.17, 15) is 0 Å². The van der Waals surface area contributed by atoms with Gasteiger partial charge in [-0.3, -0.25) is 5.10 Å². The second-order valence-corrected chi connectivity index (χ2v) is 5.01. The van der Waals surface area contributed by atoms with Crippen LogP contribution >= 0.6 is 12.2 Å². The zero-order valence-corrected chi connectivity index (χ0v) is 10.6. The van der Waals surface area contributed by atoms with Gasteiger partial charge in [-0.1, -0.05) is 37.3 Å². The fourth-order valence-corrected chi connectivity index (χ4v) is 2.49. The predicted molar refractivity (Wildman–Crippen MR) is 69.6 cm³/mol. The second-order valence-electron chi connectivity index (χ2n) is 4.62. The summed E-state index contributed by atoms with van der Waals surface area (Å²) in [4.78, 5) is 0. The van der Waals surface area contributed by atoms with Gasteiger partial charge in [-0.15, -0.1) is 0 Å². The van der Waals surface area contributed by atoms with Crippen molar-refractivity contribution in [1.82, 2.24) is 14.8 Å². The third-order valence-corrected chi connectivity index (χ3v) is 3.62. The highest BCUT2D eigenvalue weighted by Gasteiger charge is 2.29. The van der Waals surface area contributed by atoms with Crippen LogP contribution in [0.3, 0.4) is 0 Å². The molecule has 0 spiro atoms.